The lowest BCUT2D eigenvalue weighted by Gasteiger charge is -2.34. The van der Waals surface area contributed by atoms with E-state index in [1.807, 2.05) is 25.3 Å². The Kier molecular flexibility index (Phi) is 6.98. The number of ether oxygens (including phenoxy) is 2. The zero-order valence-electron chi connectivity index (χ0n) is 20.7. The number of nitrogens with zero attached hydrogens (tertiary/aromatic N) is 5. The molecule has 4 heterocycles. The molecule has 0 atom stereocenters. The minimum Gasteiger partial charge on any atom is -0.486 e. The fourth-order valence-electron chi connectivity index (χ4n) is 5.25. The summed E-state index contributed by atoms with van der Waals surface area (Å²) in [5.74, 6) is 3.11. The number of carbonyl (C=O) groups excluding carboxylic acids is 1. The maximum absolute atomic E-state index is 11.7. The minimum atomic E-state index is 0.265. The smallest absolute Gasteiger partial charge is 0.175 e. The molecule has 6 rings (SSSR count). The Labute approximate surface area is 228 Å². The number of aromatic nitrogens is 4. The maximum atomic E-state index is 11.7. The molecule has 0 saturated carbocycles. The van der Waals surface area contributed by atoms with Gasteiger partial charge in [-0.05, 0) is 59.7 Å². The Morgan fingerprint density at radius 2 is 1.92 bits per heavy atom. The van der Waals surface area contributed by atoms with Crippen molar-refractivity contribution in [2.45, 2.75) is 48.7 Å². The maximum Gasteiger partial charge on any atom is 0.175 e. The highest BCUT2D eigenvalue weighted by Crippen LogP contribution is 2.42. The van der Waals surface area contributed by atoms with E-state index in [-0.39, 0.29) is 5.78 Å². The molecule has 1 fully saturated rings. The second-order valence-electron chi connectivity index (χ2n) is 9.54. The first-order valence-electron chi connectivity index (χ1n) is 12.7. The van der Waals surface area contributed by atoms with Crippen molar-refractivity contribution >= 4 is 50.5 Å². The zero-order chi connectivity index (χ0) is 25.4. The molecule has 1 aromatic carbocycles. The molecule has 0 spiro atoms. The van der Waals surface area contributed by atoms with E-state index < -0.39 is 0 Å². The van der Waals surface area contributed by atoms with Crippen molar-refractivity contribution in [1.82, 2.24) is 24.4 Å². The average molecular weight is 586 g/mol. The predicted molar refractivity (Wildman–Crippen MR) is 145 cm³/mol. The van der Waals surface area contributed by atoms with Crippen LogP contribution in [-0.4, -0.2) is 63.6 Å². The number of allylic oxidation sites excluding steroid dienone is 2. The number of aryl methyl sites for hydroxylation is 1. The van der Waals surface area contributed by atoms with Crippen LogP contribution in [0.25, 0.3) is 11.2 Å². The Hall–Kier alpha value is -2.79. The Morgan fingerprint density at radius 3 is 2.65 bits per heavy atom. The van der Waals surface area contributed by atoms with Crippen LogP contribution in [0.3, 0.4) is 0 Å². The van der Waals surface area contributed by atoms with Gasteiger partial charge in [0.15, 0.2) is 39.4 Å². The quantitative estimate of drug-likeness (QED) is 0.416. The SMILES string of the molecule is CNc1ncnc2c1nc(Sc1cc3c(cc1Br)OCCO3)n2CCC1CCN(C2=CC(=O)CC2)CC1. The van der Waals surface area contributed by atoms with Gasteiger partial charge in [-0.25, -0.2) is 15.0 Å². The second-order valence-corrected chi connectivity index (χ2v) is 11.4. The normalized spacial score (nSPS) is 17.9. The summed E-state index contributed by atoms with van der Waals surface area (Å²) < 4.78 is 14.7. The Bertz CT molecular complexity index is 1370. The van der Waals surface area contributed by atoms with Gasteiger partial charge in [0.05, 0.1) is 0 Å². The number of anilines is 1. The zero-order valence-corrected chi connectivity index (χ0v) is 23.1. The van der Waals surface area contributed by atoms with Crippen LogP contribution in [0.15, 0.2) is 44.8 Å². The van der Waals surface area contributed by atoms with E-state index in [1.165, 1.54) is 5.70 Å². The third kappa shape index (κ3) is 5.03. The number of halogens is 1. The van der Waals surface area contributed by atoms with E-state index in [9.17, 15) is 4.79 Å². The molecular weight excluding hydrogens is 556 g/mol. The lowest BCUT2D eigenvalue weighted by molar-refractivity contribution is -0.114. The van der Waals surface area contributed by atoms with Gasteiger partial charge >= 0.3 is 0 Å². The summed E-state index contributed by atoms with van der Waals surface area (Å²) >= 11 is 5.29. The molecule has 9 nitrogen and oxygen atoms in total. The molecule has 1 aliphatic carbocycles. The second kappa shape index (κ2) is 10.5. The van der Waals surface area contributed by atoms with Crippen LogP contribution in [0, 0.1) is 5.92 Å². The summed E-state index contributed by atoms with van der Waals surface area (Å²) in [4.78, 5) is 29.0. The molecule has 1 saturated heterocycles. The summed E-state index contributed by atoms with van der Waals surface area (Å²) in [5.41, 5.74) is 2.83. The topological polar surface area (TPSA) is 94.4 Å². The van der Waals surface area contributed by atoms with Gasteiger partial charge in [0.1, 0.15) is 19.5 Å². The number of nitrogens with one attached hydrogen (secondary N) is 1. The van der Waals surface area contributed by atoms with E-state index in [1.54, 1.807) is 18.1 Å². The van der Waals surface area contributed by atoms with Gasteiger partial charge in [-0.1, -0.05) is 11.8 Å². The summed E-state index contributed by atoms with van der Waals surface area (Å²) in [5, 5.41) is 4.02. The monoisotopic (exact) mass is 584 g/mol. The van der Waals surface area contributed by atoms with E-state index in [0.717, 1.165) is 88.3 Å². The minimum absolute atomic E-state index is 0.265. The number of ketones is 1. The molecule has 0 bridgehead atoms. The van der Waals surface area contributed by atoms with Gasteiger partial charge in [0.2, 0.25) is 0 Å². The summed E-state index contributed by atoms with van der Waals surface area (Å²) in [7, 11) is 1.85. The fraction of sp³-hybridized carbons (Fsp3) is 0.462. The highest BCUT2D eigenvalue weighted by molar-refractivity contribution is 9.10. The third-order valence-electron chi connectivity index (χ3n) is 7.27. The van der Waals surface area contributed by atoms with E-state index >= 15 is 0 Å². The van der Waals surface area contributed by atoms with Crippen molar-refractivity contribution in [2.75, 3.05) is 38.7 Å². The molecular formula is C26H29BrN6O3S. The molecule has 0 unspecified atom stereocenters. The van der Waals surface area contributed by atoms with Gasteiger partial charge in [0, 0.05) is 54.2 Å². The number of hydrogen-bond acceptors (Lipinski definition) is 9. The number of imidazole rings is 1. The van der Waals surface area contributed by atoms with Gasteiger partial charge in [-0.15, -0.1) is 0 Å². The van der Waals surface area contributed by atoms with Crippen LogP contribution < -0.4 is 14.8 Å². The first-order chi connectivity index (χ1) is 18.1. The lowest BCUT2D eigenvalue weighted by atomic mass is 9.93. The molecule has 0 amide bonds. The van der Waals surface area contributed by atoms with Crippen LogP contribution in [0.5, 0.6) is 11.5 Å². The molecule has 2 aliphatic heterocycles. The number of piperidine rings is 1. The van der Waals surface area contributed by atoms with Gasteiger partial charge in [-0.2, -0.15) is 0 Å². The first-order valence-corrected chi connectivity index (χ1v) is 14.3. The van der Waals surface area contributed by atoms with Crippen LogP contribution in [-0.2, 0) is 11.3 Å². The number of carbonyl (C=O) groups is 1. The van der Waals surface area contributed by atoms with E-state index in [2.05, 4.69) is 40.7 Å². The van der Waals surface area contributed by atoms with Crippen LogP contribution in [0.2, 0.25) is 0 Å². The Balaban J connectivity index is 1.22. The van der Waals surface area contributed by atoms with Gasteiger partial charge < -0.3 is 24.3 Å². The van der Waals surface area contributed by atoms with Gasteiger partial charge in [-0.3, -0.25) is 4.79 Å². The van der Waals surface area contributed by atoms with Crippen molar-refractivity contribution in [1.29, 1.82) is 0 Å². The molecule has 3 aliphatic rings. The average Bonchev–Trinajstić information content (AvgIpc) is 3.51. The molecule has 1 N–H and O–H groups in total. The predicted octanol–water partition coefficient (Wildman–Crippen LogP) is 4.90. The summed E-state index contributed by atoms with van der Waals surface area (Å²) in [6.07, 6.45) is 8.31. The Morgan fingerprint density at radius 1 is 1.14 bits per heavy atom. The molecule has 2 aromatic heterocycles. The largest absolute Gasteiger partial charge is 0.486 e. The van der Waals surface area contributed by atoms with Crippen LogP contribution in [0.1, 0.15) is 32.1 Å². The lowest BCUT2D eigenvalue weighted by Crippen LogP contribution is -2.33. The van der Waals surface area contributed by atoms with Crippen molar-refractivity contribution in [2.24, 2.45) is 5.92 Å². The molecule has 194 valence electrons. The number of benzene rings is 1. The molecule has 37 heavy (non-hydrogen) atoms. The number of hydrogen-bond donors (Lipinski definition) is 1. The van der Waals surface area contributed by atoms with Gasteiger partial charge in [0.25, 0.3) is 0 Å². The number of likely N-dealkylation sites (tertiary alicyclic amines) is 1. The highest BCUT2D eigenvalue weighted by atomic mass is 79.9. The highest BCUT2D eigenvalue weighted by Gasteiger charge is 2.25. The van der Waals surface area contributed by atoms with Crippen molar-refractivity contribution in [3.05, 3.63) is 34.7 Å². The van der Waals surface area contributed by atoms with Crippen molar-refractivity contribution < 1.29 is 14.3 Å². The first kappa shape index (κ1) is 24.5. The van der Waals surface area contributed by atoms with Crippen LogP contribution >= 0.6 is 27.7 Å². The number of fused-ring (bicyclic) bond motifs is 2. The van der Waals surface area contributed by atoms with Crippen molar-refractivity contribution in [3.63, 3.8) is 0 Å². The van der Waals surface area contributed by atoms with E-state index in [0.29, 0.717) is 25.6 Å². The van der Waals surface area contributed by atoms with Crippen molar-refractivity contribution in [3.8, 4) is 11.5 Å². The van der Waals surface area contributed by atoms with E-state index in [4.69, 9.17) is 14.5 Å². The standard InChI is InChI=1S/C26H29BrN6O3S/c1-28-24-23-25(30-15-29-24)33(9-6-16-4-7-32(8-5-16)17-2-3-18(34)12-17)26(31-23)37-22-14-21-20(13-19(22)27)35-10-11-36-21/h12-16H,2-11H2,1H3,(H,28,29,30). The molecule has 3 aromatic rings. The molecule has 11 heteroatoms. The molecule has 0 radical (unpaired) electrons. The number of rotatable bonds is 7. The summed E-state index contributed by atoms with van der Waals surface area (Å²) in [6.45, 7) is 3.97. The third-order valence-corrected chi connectivity index (χ3v) is 9.24. The fourth-order valence-corrected chi connectivity index (χ4v) is 6.76. The summed E-state index contributed by atoms with van der Waals surface area (Å²) in [6, 6.07) is 3.97. The van der Waals surface area contributed by atoms with Crippen LogP contribution in [0.4, 0.5) is 5.82 Å².